The summed E-state index contributed by atoms with van der Waals surface area (Å²) < 4.78 is 35.0. The van der Waals surface area contributed by atoms with Gasteiger partial charge in [-0.3, -0.25) is 4.68 Å². The van der Waals surface area contributed by atoms with E-state index in [-0.39, 0.29) is 10.8 Å². The van der Waals surface area contributed by atoms with Crippen molar-refractivity contribution in [2.45, 2.75) is 17.7 Å². The molecule has 3 aromatic rings. The number of fused-ring (bicyclic) bond motifs is 1. The standard InChI is InChI=1S/C17H17N5O3S/c1-22-11-13(10-19-22)15-6-7-18-17(20-15)21-26(23,24)14-4-5-16-12(9-14)3-2-8-25-16/h4-7,9-11H,2-3,8H2,1H3,(H,18,20,21). The van der Waals surface area contributed by atoms with Gasteiger partial charge in [-0.15, -0.1) is 0 Å². The molecule has 1 aliphatic rings. The van der Waals surface area contributed by atoms with E-state index in [2.05, 4.69) is 19.8 Å². The first-order valence-corrected chi connectivity index (χ1v) is 9.60. The Morgan fingerprint density at radius 2 is 2.15 bits per heavy atom. The molecule has 8 nitrogen and oxygen atoms in total. The van der Waals surface area contributed by atoms with E-state index in [1.165, 1.54) is 12.3 Å². The summed E-state index contributed by atoms with van der Waals surface area (Å²) in [6.45, 7) is 0.659. The predicted octanol–water partition coefficient (Wildman–Crippen LogP) is 2.00. The summed E-state index contributed by atoms with van der Waals surface area (Å²) in [5.41, 5.74) is 2.26. The third-order valence-corrected chi connectivity index (χ3v) is 5.40. The van der Waals surface area contributed by atoms with E-state index in [1.807, 2.05) is 0 Å². The van der Waals surface area contributed by atoms with Gasteiger partial charge in [0.15, 0.2) is 0 Å². The molecule has 0 aliphatic carbocycles. The van der Waals surface area contributed by atoms with Crippen LogP contribution in [-0.4, -0.2) is 34.8 Å². The monoisotopic (exact) mass is 371 g/mol. The van der Waals surface area contributed by atoms with E-state index in [4.69, 9.17) is 4.74 Å². The van der Waals surface area contributed by atoms with Crippen molar-refractivity contribution in [1.29, 1.82) is 0 Å². The smallest absolute Gasteiger partial charge is 0.264 e. The summed E-state index contributed by atoms with van der Waals surface area (Å²) >= 11 is 0. The van der Waals surface area contributed by atoms with E-state index in [1.54, 1.807) is 42.3 Å². The molecule has 134 valence electrons. The number of aromatic nitrogens is 4. The van der Waals surface area contributed by atoms with Crippen molar-refractivity contribution in [3.63, 3.8) is 0 Å². The molecular formula is C17H17N5O3S. The molecule has 26 heavy (non-hydrogen) atoms. The van der Waals surface area contributed by atoms with Crippen molar-refractivity contribution in [2.24, 2.45) is 7.05 Å². The molecule has 4 rings (SSSR count). The van der Waals surface area contributed by atoms with E-state index < -0.39 is 10.0 Å². The van der Waals surface area contributed by atoms with Crippen molar-refractivity contribution in [1.82, 2.24) is 19.7 Å². The summed E-state index contributed by atoms with van der Waals surface area (Å²) in [5, 5.41) is 4.09. The van der Waals surface area contributed by atoms with Crippen molar-refractivity contribution >= 4 is 16.0 Å². The highest BCUT2D eigenvalue weighted by molar-refractivity contribution is 7.92. The summed E-state index contributed by atoms with van der Waals surface area (Å²) in [7, 11) is -1.99. The fourth-order valence-corrected chi connectivity index (χ4v) is 3.81. The van der Waals surface area contributed by atoms with Crippen molar-refractivity contribution in [2.75, 3.05) is 11.3 Å². The van der Waals surface area contributed by atoms with Crippen molar-refractivity contribution < 1.29 is 13.2 Å². The number of nitrogens with zero attached hydrogens (tertiary/aromatic N) is 4. The second-order valence-electron chi connectivity index (χ2n) is 6.00. The Kier molecular flexibility index (Phi) is 4.08. The molecule has 2 aromatic heterocycles. The summed E-state index contributed by atoms with van der Waals surface area (Å²) in [6, 6.07) is 6.56. The molecule has 0 saturated heterocycles. The molecule has 0 atom stereocenters. The first kappa shape index (κ1) is 16.5. The number of hydrogen-bond donors (Lipinski definition) is 1. The zero-order chi connectivity index (χ0) is 18.1. The fraction of sp³-hybridized carbons (Fsp3) is 0.235. The van der Waals surface area contributed by atoms with Crippen LogP contribution in [0.25, 0.3) is 11.3 Å². The minimum atomic E-state index is -3.79. The molecule has 9 heteroatoms. The normalized spacial score (nSPS) is 13.7. The summed E-state index contributed by atoms with van der Waals surface area (Å²) in [5.74, 6) is 0.755. The lowest BCUT2D eigenvalue weighted by Gasteiger charge is -2.18. The maximum Gasteiger partial charge on any atom is 0.264 e. The Labute approximate surface area is 150 Å². The van der Waals surface area contributed by atoms with Gasteiger partial charge in [0.25, 0.3) is 10.0 Å². The third kappa shape index (κ3) is 3.25. The van der Waals surface area contributed by atoms with Gasteiger partial charge in [-0.2, -0.15) is 5.10 Å². The van der Waals surface area contributed by atoms with Gasteiger partial charge in [0.05, 0.1) is 23.4 Å². The van der Waals surface area contributed by atoms with Gasteiger partial charge in [-0.05, 0) is 42.7 Å². The van der Waals surface area contributed by atoms with Crippen LogP contribution < -0.4 is 9.46 Å². The second-order valence-corrected chi connectivity index (χ2v) is 7.68. The third-order valence-electron chi connectivity index (χ3n) is 4.07. The van der Waals surface area contributed by atoms with Gasteiger partial charge < -0.3 is 4.74 Å². The Morgan fingerprint density at radius 1 is 1.27 bits per heavy atom. The van der Waals surface area contributed by atoms with E-state index >= 15 is 0 Å². The van der Waals surface area contributed by atoms with Crippen LogP contribution in [0.15, 0.2) is 47.8 Å². The van der Waals surface area contributed by atoms with Crippen LogP contribution in [0.3, 0.4) is 0 Å². The number of aryl methyl sites for hydroxylation is 2. The van der Waals surface area contributed by atoms with E-state index in [9.17, 15) is 8.42 Å². The fourth-order valence-electron chi connectivity index (χ4n) is 2.81. The number of benzene rings is 1. The molecule has 0 unspecified atom stereocenters. The van der Waals surface area contributed by atoms with Gasteiger partial charge in [0.2, 0.25) is 5.95 Å². The molecule has 1 aromatic carbocycles. The molecule has 0 fully saturated rings. The van der Waals surface area contributed by atoms with E-state index in [0.29, 0.717) is 12.3 Å². The average Bonchev–Trinajstić information content (AvgIpc) is 3.08. The van der Waals surface area contributed by atoms with Gasteiger partial charge in [-0.25, -0.2) is 23.1 Å². The zero-order valence-electron chi connectivity index (χ0n) is 14.1. The Balaban J connectivity index is 1.62. The van der Waals surface area contributed by atoms with Crippen LogP contribution in [0.4, 0.5) is 5.95 Å². The van der Waals surface area contributed by atoms with Gasteiger partial charge in [-0.1, -0.05) is 0 Å². The Bertz CT molecular complexity index is 1060. The minimum absolute atomic E-state index is 0.0142. The van der Waals surface area contributed by atoms with Gasteiger partial charge >= 0.3 is 0 Å². The lowest BCUT2D eigenvalue weighted by Crippen LogP contribution is -2.16. The topological polar surface area (TPSA) is 99.0 Å². The maximum absolute atomic E-state index is 12.7. The Morgan fingerprint density at radius 3 is 2.96 bits per heavy atom. The zero-order valence-corrected chi connectivity index (χ0v) is 14.9. The van der Waals surface area contributed by atoms with Gasteiger partial charge in [0.1, 0.15) is 5.75 Å². The summed E-state index contributed by atoms with van der Waals surface area (Å²) in [6.07, 6.45) is 6.63. The summed E-state index contributed by atoms with van der Waals surface area (Å²) in [4.78, 5) is 8.46. The van der Waals surface area contributed by atoms with Crippen LogP contribution in [0.5, 0.6) is 5.75 Å². The van der Waals surface area contributed by atoms with Crippen LogP contribution >= 0.6 is 0 Å². The number of ether oxygens (including phenoxy) is 1. The number of sulfonamides is 1. The van der Waals surface area contributed by atoms with E-state index in [0.717, 1.165) is 29.7 Å². The molecule has 0 saturated carbocycles. The largest absolute Gasteiger partial charge is 0.493 e. The highest BCUT2D eigenvalue weighted by Gasteiger charge is 2.19. The van der Waals surface area contributed by atoms with Crippen LogP contribution in [0.1, 0.15) is 12.0 Å². The number of rotatable bonds is 4. The highest BCUT2D eigenvalue weighted by atomic mass is 32.2. The molecule has 1 N–H and O–H groups in total. The lowest BCUT2D eigenvalue weighted by molar-refractivity contribution is 0.288. The quantitative estimate of drug-likeness (QED) is 0.753. The number of anilines is 1. The van der Waals surface area contributed by atoms with Crippen molar-refractivity contribution in [3.05, 3.63) is 48.4 Å². The molecule has 0 amide bonds. The molecule has 0 spiro atoms. The number of nitrogens with one attached hydrogen (secondary N) is 1. The SMILES string of the molecule is Cn1cc(-c2ccnc(NS(=O)(=O)c3ccc4c(c3)CCCO4)n2)cn1. The minimum Gasteiger partial charge on any atom is -0.493 e. The molecular weight excluding hydrogens is 354 g/mol. The van der Waals surface area contributed by atoms with Crippen molar-refractivity contribution in [3.8, 4) is 17.0 Å². The highest BCUT2D eigenvalue weighted by Crippen LogP contribution is 2.28. The first-order valence-electron chi connectivity index (χ1n) is 8.12. The second kappa shape index (κ2) is 6.41. The molecule has 3 heterocycles. The first-order chi connectivity index (χ1) is 12.5. The molecule has 1 aliphatic heterocycles. The van der Waals surface area contributed by atoms with Crippen LogP contribution in [0, 0.1) is 0 Å². The maximum atomic E-state index is 12.7. The van der Waals surface area contributed by atoms with Gasteiger partial charge in [0, 0.05) is 25.0 Å². The predicted molar refractivity (Wildman–Crippen MR) is 95.3 cm³/mol. The lowest BCUT2D eigenvalue weighted by atomic mass is 10.1. The number of hydrogen-bond acceptors (Lipinski definition) is 6. The van der Waals surface area contributed by atoms with Crippen LogP contribution in [0.2, 0.25) is 0 Å². The average molecular weight is 371 g/mol. The molecule has 0 bridgehead atoms. The Hall–Kier alpha value is -2.94. The molecule has 0 radical (unpaired) electrons. The van der Waals surface area contributed by atoms with Crippen LogP contribution in [-0.2, 0) is 23.5 Å².